The molecule has 0 aromatic heterocycles. The summed E-state index contributed by atoms with van der Waals surface area (Å²) in [6, 6.07) is 9.13. The Bertz CT molecular complexity index is 1080. The summed E-state index contributed by atoms with van der Waals surface area (Å²) in [5.41, 5.74) is 0.859. The summed E-state index contributed by atoms with van der Waals surface area (Å²) in [4.78, 5) is 12.7. The number of nitrogens with one attached hydrogen (secondary N) is 2. The molecule has 0 radical (unpaired) electrons. The Morgan fingerprint density at radius 3 is 2.67 bits per heavy atom. The van der Waals surface area contributed by atoms with E-state index in [4.69, 9.17) is 25.8 Å². The van der Waals surface area contributed by atoms with Crippen molar-refractivity contribution in [2.45, 2.75) is 50.3 Å². The second-order valence-corrected chi connectivity index (χ2v) is 10.2. The highest BCUT2D eigenvalue weighted by Crippen LogP contribution is 2.29. The largest absolute Gasteiger partial charge is 0.493 e. The van der Waals surface area contributed by atoms with Crippen molar-refractivity contribution in [3.8, 4) is 11.5 Å². The Labute approximate surface area is 199 Å². The summed E-state index contributed by atoms with van der Waals surface area (Å²) in [7, 11) is -2.20. The minimum Gasteiger partial charge on any atom is -0.493 e. The van der Waals surface area contributed by atoms with Crippen molar-refractivity contribution in [3.63, 3.8) is 0 Å². The van der Waals surface area contributed by atoms with Gasteiger partial charge in [-0.15, -0.1) is 0 Å². The van der Waals surface area contributed by atoms with Crippen molar-refractivity contribution in [1.82, 2.24) is 10.0 Å². The Kier molecular flexibility index (Phi) is 8.58. The molecule has 1 amide bonds. The molecule has 2 aromatic rings. The van der Waals surface area contributed by atoms with Crippen LogP contribution in [-0.2, 0) is 21.3 Å². The first-order valence-electron chi connectivity index (χ1n) is 10.7. The molecule has 180 valence electrons. The number of methoxy groups -OCH3 is 1. The predicted octanol–water partition coefficient (Wildman–Crippen LogP) is 3.52. The number of carbonyl (C=O) groups excluding carboxylic acids is 1. The number of benzene rings is 2. The number of ether oxygens (including phenoxy) is 3. The van der Waals surface area contributed by atoms with Crippen LogP contribution in [0.15, 0.2) is 41.3 Å². The fourth-order valence-corrected chi connectivity index (χ4v) is 4.88. The number of rotatable bonds is 10. The number of halogens is 1. The summed E-state index contributed by atoms with van der Waals surface area (Å²) in [5.74, 6) is 0.659. The van der Waals surface area contributed by atoms with Crippen LogP contribution in [0.25, 0.3) is 0 Å². The highest BCUT2D eigenvalue weighted by atomic mass is 35.5. The first-order chi connectivity index (χ1) is 15.7. The van der Waals surface area contributed by atoms with Gasteiger partial charge in [0.2, 0.25) is 10.0 Å². The minimum absolute atomic E-state index is 0.0276. The molecule has 0 spiro atoms. The van der Waals surface area contributed by atoms with E-state index in [0.29, 0.717) is 18.1 Å². The van der Waals surface area contributed by atoms with Gasteiger partial charge in [0.05, 0.1) is 28.7 Å². The van der Waals surface area contributed by atoms with E-state index >= 15 is 0 Å². The zero-order valence-corrected chi connectivity index (χ0v) is 20.5. The molecule has 1 heterocycles. The molecule has 1 aliphatic heterocycles. The van der Waals surface area contributed by atoms with Crippen LogP contribution in [0.4, 0.5) is 0 Å². The molecule has 1 unspecified atom stereocenters. The number of carbonyl (C=O) groups is 1. The Morgan fingerprint density at radius 2 is 2.00 bits per heavy atom. The van der Waals surface area contributed by atoms with Crippen LogP contribution in [0, 0.1) is 0 Å². The average Bonchev–Trinajstić information content (AvgIpc) is 3.29. The third-order valence-electron chi connectivity index (χ3n) is 5.01. The number of amides is 1. The molecule has 8 nitrogen and oxygen atoms in total. The fraction of sp³-hybridized carbons (Fsp3) is 0.435. The van der Waals surface area contributed by atoms with Crippen LogP contribution in [0.3, 0.4) is 0 Å². The molecule has 33 heavy (non-hydrogen) atoms. The second kappa shape index (κ2) is 11.2. The van der Waals surface area contributed by atoms with Gasteiger partial charge in [-0.3, -0.25) is 4.79 Å². The first-order valence-corrected chi connectivity index (χ1v) is 12.6. The van der Waals surface area contributed by atoms with Crippen LogP contribution in [-0.4, -0.2) is 46.8 Å². The fourth-order valence-electron chi connectivity index (χ4n) is 3.40. The Balaban J connectivity index is 1.67. The number of hydrogen-bond acceptors (Lipinski definition) is 6. The van der Waals surface area contributed by atoms with Gasteiger partial charge < -0.3 is 19.5 Å². The summed E-state index contributed by atoms with van der Waals surface area (Å²) in [5, 5.41) is 2.93. The van der Waals surface area contributed by atoms with E-state index in [1.54, 1.807) is 33.1 Å². The normalized spacial score (nSPS) is 16.1. The van der Waals surface area contributed by atoms with Gasteiger partial charge >= 0.3 is 0 Å². The lowest BCUT2D eigenvalue weighted by Crippen LogP contribution is -2.30. The lowest BCUT2D eigenvalue weighted by atomic mass is 10.1. The van der Waals surface area contributed by atoms with E-state index in [1.165, 1.54) is 18.2 Å². The molecule has 0 aliphatic carbocycles. The van der Waals surface area contributed by atoms with Crippen LogP contribution in [0.5, 0.6) is 11.5 Å². The second-order valence-electron chi connectivity index (χ2n) is 8.03. The maximum absolute atomic E-state index is 12.7. The predicted molar refractivity (Wildman–Crippen MR) is 126 cm³/mol. The standard InChI is InChI=1S/C23H29ClN2O6S/c1-15(2)26-33(28,29)18-7-8-20(24)19(12-18)23(27)25-13-16-6-9-21(22(11-16)30-3)32-14-17-5-4-10-31-17/h6-9,11-12,15,17,26H,4-5,10,13-14H2,1-3H3,(H,25,27). The van der Waals surface area contributed by atoms with Crippen molar-refractivity contribution < 1.29 is 27.4 Å². The monoisotopic (exact) mass is 496 g/mol. The summed E-state index contributed by atoms with van der Waals surface area (Å²) in [6.07, 6.45) is 2.11. The van der Waals surface area contributed by atoms with E-state index in [-0.39, 0.29) is 34.2 Å². The molecule has 3 rings (SSSR count). The molecule has 10 heteroatoms. The molecular weight excluding hydrogens is 468 g/mol. The van der Waals surface area contributed by atoms with Gasteiger partial charge in [-0.05, 0) is 62.6 Å². The van der Waals surface area contributed by atoms with Gasteiger partial charge in [-0.25, -0.2) is 13.1 Å². The maximum Gasteiger partial charge on any atom is 0.253 e. The molecule has 0 bridgehead atoms. The van der Waals surface area contributed by atoms with Crippen LogP contribution in [0.1, 0.15) is 42.6 Å². The summed E-state index contributed by atoms with van der Waals surface area (Å²) in [6.45, 7) is 4.84. The van der Waals surface area contributed by atoms with Gasteiger partial charge in [-0.2, -0.15) is 0 Å². The number of hydrogen-bond donors (Lipinski definition) is 2. The van der Waals surface area contributed by atoms with Crippen molar-refractivity contribution in [2.75, 3.05) is 20.3 Å². The van der Waals surface area contributed by atoms with E-state index in [1.807, 2.05) is 6.07 Å². The van der Waals surface area contributed by atoms with Gasteiger partial charge in [0.15, 0.2) is 11.5 Å². The summed E-state index contributed by atoms with van der Waals surface area (Å²) < 4.78 is 44.2. The van der Waals surface area contributed by atoms with Crippen molar-refractivity contribution in [3.05, 3.63) is 52.5 Å². The molecule has 1 saturated heterocycles. The Morgan fingerprint density at radius 1 is 1.21 bits per heavy atom. The molecule has 1 fully saturated rings. The average molecular weight is 497 g/mol. The van der Waals surface area contributed by atoms with Gasteiger partial charge in [0.1, 0.15) is 6.61 Å². The number of sulfonamides is 1. The SMILES string of the molecule is COc1cc(CNC(=O)c2cc(S(=O)(=O)NC(C)C)ccc2Cl)ccc1OCC1CCCO1. The first kappa shape index (κ1) is 25.3. The van der Waals surface area contributed by atoms with Gasteiger partial charge in [0, 0.05) is 19.2 Å². The smallest absolute Gasteiger partial charge is 0.253 e. The maximum atomic E-state index is 12.7. The Hall–Kier alpha value is -2.33. The zero-order valence-electron chi connectivity index (χ0n) is 18.9. The van der Waals surface area contributed by atoms with E-state index in [0.717, 1.165) is 25.0 Å². The zero-order chi connectivity index (χ0) is 24.0. The van der Waals surface area contributed by atoms with Crippen LogP contribution >= 0.6 is 11.6 Å². The van der Waals surface area contributed by atoms with Gasteiger partial charge in [-0.1, -0.05) is 17.7 Å². The minimum atomic E-state index is -3.75. The molecule has 0 saturated carbocycles. The lowest BCUT2D eigenvalue weighted by molar-refractivity contribution is 0.0669. The van der Waals surface area contributed by atoms with E-state index in [9.17, 15) is 13.2 Å². The highest BCUT2D eigenvalue weighted by Gasteiger charge is 2.20. The highest BCUT2D eigenvalue weighted by molar-refractivity contribution is 7.89. The van der Waals surface area contributed by atoms with Crippen molar-refractivity contribution in [2.24, 2.45) is 0 Å². The molecular formula is C23H29ClN2O6S. The van der Waals surface area contributed by atoms with Crippen LogP contribution in [0.2, 0.25) is 5.02 Å². The molecule has 2 aromatic carbocycles. The van der Waals surface area contributed by atoms with Crippen molar-refractivity contribution in [1.29, 1.82) is 0 Å². The third-order valence-corrected chi connectivity index (χ3v) is 7.00. The summed E-state index contributed by atoms with van der Waals surface area (Å²) >= 11 is 6.16. The lowest BCUT2D eigenvalue weighted by Gasteiger charge is -2.15. The molecule has 1 aliphatic rings. The molecule has 2 N–H and O–H groups in total. The van der Waals surface area contributed by atoms with Gasteiger partial charge in [0.25, 0.3) is 5.91 Å². The third kappa shape index (κ3) is 6.83. The quantitative estimate of drug-likeness (QED) is 0.521. The van der Waals surface area contributed by atoms with E-state index in [2.05, 4.69) is 10.0 Å². The molecule has 1 atom stereocenters. The van der Waals surface area contributed by atoms with Crippen molar-refractivity contribution >= 4 is 27.5 Å². The topological polar surface area (TPSA) is 103 Å². The van der Waals surface area contributed by atoms with E-state index < -0.39 is 15.9 Å². The van der Waals surface area contributed by atoms with Crippen LogP contribution < -0.4 is 19.5 Å².